The van der Waals surface area contributed by atoms with Crippen molar-refractivity contribution < 1.29 is 9.21 Å². The van der Waals surface area contributed by atoms with Crippen molar-refractivity contribution in [1.29, 1.82) is 0 Å². The molecule has 1 saturated carbocycles. The number of rotatable bonds is 4. The molecule has 1 aliphatic rings. The van der Waals surface area contributed by atoms with Gasteiger partial charge in [0.2, 0.25) is 5.91 Å². The monoisotopic (exact) mass is 413 g/mol. The fourth-order valence-corrected chi connectivity index (χ4v) is 3.83. The van der Waals surface area contributed by atoms with Crippen LogP contribution >= 0.6 is 15.9 Å². The Kier molecular flexibility index (Phi) is 5.02. The van der Waals surface area contributed by atoms with Crippen LogP contribution in [0, 0.1) is 5.92 Å². The fourth-order valence-electron chi connectivity index (χ4n) is 3.49. The zero-order chi connectivity index (χ0) is 17.9. The molecule has 4 rings (SSSR count). The first-order chi connectivity index (χ1) is 12.7. The molecule has 0 spiro atoms. The number of hydrogen-bond donors (Lipinski definition) is 0. The van der Waals surface area contributed by atoms with E-state index in [9.17, 15) is 4.79 Å². The van der Waals surface area contributed by atoms with Crippen LogP contribution in [0.2, 0.25) is 0 Å². The average Bonchev–Trinajstić information content (AvgIpc) is 3.10. The second-order valence-electron chi connectivity index (χ2n) is 6.73. The highest BCUT2D eigenvalue weighted by Crippen LogP contribution is 2.30. The van der Waals surface area contributed by atoms with Crippen molar-refractivity contribution in [3.63, 3.8) is 0 Å². The van der Waals surface area contributed by atoms with Crippen LogP contribution in [0.4, 0.5) is 6.01 Å². The standard InChI is InChI=1S/C20H20BrN3O2/c21-16-8-9-17-18(11-16)26-20(23-17)24(13-14-5-4-10-22-12-14)19(25)15-6-2-1-3-7-15/h4-5,8-12,15H,1-3,6-7,13H2. The molecule has 3 aromatic rings. The molecule has 0 bridgehead atoms. The van der Waals surface area contributed by atoms with E-state index in [4.69, 9.17) is 4.42 Å². The summed E-state index contributed by atoms with van der Waals surface area (Å²) in [6.45, 7) is 0.414. The van der Waals surface area contributed by atoms with Gasteiger partial charge in [-0.1, -0.05) is 41.3 Å². The van der Waals surface area contributed by atoms with Gasteiger partial charge in [0, 0.05) is 22.8 Å². The normalized spacial score (nSPS) is 15.3. The predicted molar refractivity (Wildman–Crippen MR) is 104 cm³/mol. The third kappa shape index (κ3) is 3.65. The highest BCUT2D eigenvalue weighted by molar-refractivity contribution is 9.10. The van der Waals surface area contributed by atoms with Crippen molar-refractivity contribution in [3.05, 3.63) is 52.8 Å². The number of carbonyl (C=O) groups excluding carboxylic acids is 1. The molecule has 6 heteroatoms. The summed E-state index contributed by atoms with van der Waals surface area (Å²) in [6.07, 6.45) is 8.81. The Labute approximate surface area is 160 Å². The van der Waals surface area contributed by atoms with Crippen LogP contribution in [-0.4, -0.2) is 15.9 Å². The molecule has 1 aliphatic carbocycles. The molecule has 0 aliphatic heterocycles. The topological polar surface area (TPSA) is 59.2 Å². The summed E-state index contributed by atoms with van der Waals surface area (Å²) >= 11 is 3.45. The summed E-state index contributed by atoms with van der Waals surface area (Å²) in [5.74, 6) is 0.140. The lowest BCUT2D eigenvalue weighted by Crippen LogP contribution is -2.37. The van der Waals surface area contributed by atoms with E-state index in [0.29, 0.717) is 18.1 Å². The second kappa shape index (κ2) is 7.58. The van der Waals surface area contributed by atoms with Gasteiger partial charge in [-0.05, 0) is 42.7 Å². The maximum Gasteiger partial charge on any atom is 0.305 e. The number of nitrogens with zero attached hydrogens (tertiary/aromatic N) is 3. The van der Waals surface area contributed by atoms with Gasteiger partial charge in [0.25, 0.3) is 0 Å². The first kappa shape index (κ1) is 17.2. The number of aromatic nitrogens is 2. The number of halogens is 1. The maximum atomic E-state index is 13.2. The lowest BCUT2D eigenvalue weighted by Gasteiger charge is -2.26. The van der Waals surface area contributed by atoms with Crippen molar-refractivity contribution in [2.24, 2.45) is 5.92 Å². The average molecular weight is 414 g/mol. The molecule has 5 nitrogen and oxygen atoms in total. The van der Waals surface area contributed by atoms with E-state index in [0.717, 1.165) is 41.2 Å². The van der Waals surface area contributed by atoms with Gasteiger partial charge >= 0.3 is 6.01 Å². The third-order valence-corrected chi connectivity index (χ3v) is 5.35. The van der Waals surface area contributed by atoms with E-state index >= 15 is 0 Å². The molecule has 1 aromatic carbocycles. The largest absolute Gasteiger partial charge is 0.423 e. The Morgan fingerprint density at radius 3 is 2.85 bits per heavy atom. The number of fused-ring (bicyclic) bond motifs is 1. The second-order valence-corrected chi connectivity index (χ2v) is 7.64. The van der Waals surface area contributed by atoms with E-state index in [-0.39, 0.29) is 11.8 Å². The van der Waals surface area contributed by atoms with Crippen LogP contribution in [0.5, 0.6) is 0 Å². The SMILES string of the molecule is O=C(C1CCCCC1)N(Cc1cccnc1)c1nc2ccc(Br)cc2o1. The number of hydrogen-bond acceptors (Lipinski definition) is 4. The van der Waals surface area contributed by atoms with Crippen LogP contribution in [0.1, 0.15) is 37.7 Å². The summed E-state index contributed by atoms with van der Waals surface area (Å²) in [4.78, 5) is 23.7. The summed E-state index contributed by atoms with van der Waals surface area (Å²) in [5.41, 5.74) is 2.37. The summed E-state index contributed by atoms with van der Waals surface area (Å²) in [5, 5.41) is 0. The molecule has 0 saturated heterocycles. The molecule has 1 amide bonds. The van der Waals surface area contributed by atoms with Crippen molar-refractivity contribution in [2.75, 3.05) is 4.90 Å². The van der Waals surface area contributed by atoms with E-state index in [1.54, 1.807) is 17.3 Å². The Morgan fingerprint density at radius 2 is 2.08 bits per heavy atom. The fraction of sp³-hybridized carbons (Fsp3) is 0.350. The molecule has 1 fully saturated rings. The quantitative estimate of drug-likeness (QED) is 0.596. The van der Waals surface area contributed by atoms with Crippen molar-refractivity contribution >= 4 is 39.0 Å². The smallest absolute Gasteiger partial charge is 0.305 e. The predicted octanol–water partition coefficient (Wildman–Crippen LogP) is 5.10. The highest BCUT2D eigenvalue weighted by atomic mass is 79.9. The molecule has 0 N–H and O–H groups in total. The van der Waals surface area contributed by atoms with Gasteiger partial charge in [-0.2, -0.15) is 4.98 Å². The molecule has 0 unspecified atom stereocenters. The molecule has 2 heterocycles. The number of amides is 1. The summed E-state index contributed by atoms with van der Waals surface area (Å²) in [6, 6.07) is 9.88. The summed E-state index contributed by atoms with van der Waals surface area (Å²) in [7, 11) is 0. The van der Waals surface area contributed by atoms with Gasteiger partial charge in [-0.15, -0.1) is 0 Å². The van der Waals surface area contributed by atoms with Gasteiger partial charge in [0.15, 0.2) is 5.58 Å². The Bertz CT molecular complexity index is 904. The van der Waals surface area contributed by atoms with Gasteiger partial charge in [-0.3, -0.25) is 14.7 Å². The Balaban J connectivity index is 1.69. The zero-order valence-electron chi connectivity index (χ0n) is 14.4. The minimum atomic E-state index is 0.0437. The molecule has 26 heavy (non-hydrogen) atoms. The molecule has 2 aromatic heterocycles. The molecular weight excluding hydrogens is 394 g/mol. The minimum Gasteiger partial charge on any atom is -0.423 e. The van der Waals surface area contributed by atoms with E-state index < -0.39 is 0 Å². The molecule has 0 radical (unpaired) electrons. The molecule has 134 valence electrons. The highest BCUT2D eigenvalue weighted by Gasteiger charge is 2.30. The number of anilines is 1. The van der Waals surface area contributed by atoms with E-state index in [1.807, 2.05) is 30.3 Å². The van der Waals surface area contributed by atoms with Crippen LogP contribution < -0.4 is 4.90 Å². The van der Waals surface area contributed by atoms with E-state index in [2.05, 4.69) is 25.9 Å². The van der Waals surface area contributed by atoms with Crippen LogP contribution in [0.3, 0.4) is 0 Å². The molecular formula is C20H20BrN3O2. The maximum absolute atomic E-state index is 13.2. The number of oxazole rings is 1. The van der Waals surface area contributed by atoms with Gasteiger partial charge < -0.3 is 4.42 Å². The van der Waals surface area contributed by atoms with Gasteiger partial charge in [-0.25, -0.2) is 0 Å². The zero-order valence-corrected chi connectivity index (χ0v) is 16.0. The number of pyridine rings is 1. The lowest BCUT2D eigenvalue weighted by molar-refractivity contribution is -0.123. The Hall–Kier alpha value is -2.21. The summed E-state index contributed by atoms with van der Waals surface area (Å²) < 4.78 is 6.86. The lowest BCUT2D eigenvalue weighted by atomic mass is 9.88. The minimum absolute atomic E-state index is 0.0437. The van der Waals surface area contributed by atoms with Crippen LogP contribution in [0.25, 0.3) is 11.1 Å². The van der Waals surface area contributed by atoms with Gasteiger partial charge in [0.05, 0.1) is 6.54 Å². The van der Waals surface area contributed by atoms with Crippen LogP contribution in [-0.2, 0) is 11.3 Å². The van der Waals surface area contributed by atoms with Gasteiger partial charge in [0.1, 0.15) is 5.52 Å². The molecule has 0 atom stereocenters. The van der Waals surface area contributed by atoms with Crippen molar-refractivity contribution in [3.8, 4) is 0 Å². The van der Waals surface area contributed by atoms with Crippen molar-refractivity contribution in [2.45, 2.75) is 38.6 Å². The first-order valence-electron chi connectivity index (χ1n) is 8.97. The Morgan fingerprint density at radius 1 is 1.23 bits per heavy atom. The van der Waals surface area contributed by atoms with E-state index in [1.165, 1.54) is 6.42 Å². The number of benzene rings is 1. The van der Waals surface area contributed by atoms with Crippen molar-refractivity contribution in [1.82, 2.24) is 9.97 Å². The first-order valence-corrected chi connectivity index (χ1v) is 9.76. The number of carbonyl (C=O) groups is 1. The van der Waals surface area contributed by atoms with Crippen LogP contribution in [0.15, 0.2) is 51.6 Å². The third-order valence-electron chi connectivity index (χ3n) is 4.85.